The number of aliphatic hydroxyl groups is 1. The number of fused-ring (bicyclic) bond motifs is 2. The van der Waals surface area contributed by atoms with Crippen LogP contribution >= 0.6 is 0 Å². The summed E-state index contributed by atoms with van der Waals surface area (Å²) < 4.78 is 6.01. The van der Waals surface area contributed by atoms with Gasteiger partial charge in [-0.05, 0) is 48.7 Å². The second kappa shape index (κ2) is 6.00. The number of aromatic hydroxyl groups is 1. The zero-order valence-corrected chi connectivity index (χ0v) is 14.5. The molecule has 2 aromatic rings. The summed E-state index contributed by atoms with van der Waals surface area (Å²) in [4.78, 5) is 11.8. The minimum absolute atomic E-state index is 0.0963. The maximum absolute atomic E-state index is 11.8. The predicted octanol–water partition coefficient (Wildman–Crippen LogP) is 4.38. The molecule has 0 aromatic heterocycles. The van der Waals surface area contributed by atoms with E-state index in [4.69, 9.17) is 4.42 Å². The molecule has 0 bridgehead atoms. The number of phenolic OH excluding ortho intramolecular Hbond substituents is 1. The molecule has 4 heteroatoms. The fourth-order valence-electron chi connectivity index (χ4n) is 3.51. The van der Waals surface area contributed by atoms with E-state index in [0.29, 0.717) is 16.9 Å². The minimum Gasteiger partial charge on any atom is -0.507 e. The van der Waals surface area contributed by atoms with Gasteiger partial charge in [0, 0.05) is 28.1 Å². The van der Waals surface area contributed by atoms with Crippen LogP contribution in [0.3, 0.4) is 0 Å². The fraction of sp³-hybridized carbons (Fsp3) is 0.136. The van der Waals surface area contributed by atoms with E-state index in [1.807, 2.05) is 37.3 Å². The van der Waals surface area contributed by atoms with Gasteiger partial charge in [0.1, 0.15) is 17.1 Å². The lowest BCUT2D eigenvalue weighted by Crippen LogP contribution is -2.01. The second-order valence-electron chi connectivity index (χ2n) is 6.49. The number of aryl methyl sites for hydroxylation is 2. The van der Waals surface area contributed by atoms with Crippen LogP contribution in [0.1, 0.15) is 16.7 Å². The van der Waals surface area contributed by atoms with Crippen LogP contribution in [0, 0.1) is 13.8 Å². The average molecular weight is 346 g/mol. The molecule has 4 nitrogen and oxygen atoms in total. The fourth-order valence-corrected chi connectivity index (χ4v) is 3.51. The van der Waals surface area contributed by atoms with Crippen molar-refractivity contribution < 1.29 is 14.6 Å². The molecule has 0 amide bonds. The number of hydrogen-bond acceptors (Lipinski definition) is 4. The first-order chi connectivity index (χ1) is 12.5. The Hall–Kier alpha value is -3.11. The smallest absolute Gasteiger partial charge is 0.182 e. The Morgan fingerprint density at radius 2 is 1.77 bits per heavy atom. The number of benzene rings is 3. The summed E-state index contributed by atoms with van der Waals surface area (Å²) in [5, 5.41) is 21.0. The van der Waals surface area contributed by atoms with Crippen molar-refractivity contribution >= 4 is 11.0 Å². The van der Waals surface area contributed by atoms with Crippen LogP contribution in [0.25, 0.3) is 33.4 Å². The molecule has 0 saturated heterocycles. The molecule has 2 aromatic carbocycles. The van der Waals surface area contributed by atoms with Gasteiger partial charge in [0.2, 0.25) is 0 Å². The first-order valence-corrected chi connectivity index (χ1v) is 8.40. The molecule has 2 N–H and O–H groups in total. The topological polar surface area (TPSA) is 70.7 Å². The molecule has 1 aliphatic heterocycles. The molecule has 2 aliphatic rings. The van der Waals surface area contributed by atoms with Crippen molar-refractivity contribution in [2.45, 2.75) is 20.5 Å². The summed E-state index contributed by atoms with van der Waals surface area (Å²) in [5.41, 5.74) is 5.11. The third kappa shape index (κ3) is 2.38. The first-order valence-electron chi connectivity index (χ1n) is 8.40. The standard InChI is InChI=1S/C22H18O4/c1-12-9-18-20(16-6-4-3-5-14(16)11-23)17-8-7-15(24)10-19(17)26-22(18)13(2)21(12)25/h3-10,23,25H,11H2,1-2H3. The molecule has 1 heterocycles. The van der Waals surface area contributed by atoms with Crippen molar-refractivity contribution in [2.75, 3.05) is 0 Å². The SMILES string of the molecule is Cc1cc2c(-c3ccccc3CO)c3ccc(=O)cc-3oc2c(C)c1O. The Labute approximate surface area is 150 Å². The third-order valence-corrected chi connectivity index (χ3v) is 4.84. The first kappa shape index (κ1) is 16.4. The van der Waals surface area contributed by atoms with Gasteiger partial charge >= 0.3 is 0 Å². The van der Waals surface area contributed by atoms with E-state index in [2.05, 4.69) is 0 Å². The van der Waals surface area contributed by atoms with E-state index in [0.717, 1.165) is 33.2 Å². The number of hydrogen-bond donors (Lipinski definition) is 2. The molecule has 0 spiro atoms. The van der Waals surface area contributed by atoms with E-state index in [9.17, 15) is 15.0 Å². The zero-order valence-electron chi connectivity index (χ0n) is 14.5. The molecule has 4 rings (SSSR count). The van der Waals surface area contributed by atoms with Crippen LogP contribution in [-0.4, -0.2) is 10.2 Å². The highest BCUT2D eigenvalue weighted by Gasteiger charge is 2.21. The Balaban J connectivity index is 2.27. The normalized spacial score (nSPS) is 11.3. The highest BCUT2D eigenvalue weighted by atomic mass is 16.3. The Morgan fingerprint density at radius 3 is 2.54 bits per heavy atom. The predicted molar refractivity (Wildman–Crippen MR) is 102 cm³/mol. The van der Waals surface area contributed by atoms with Gasteiger partial charge in [0.15, 0.2) is 5.43 Å². The quantitative estimate of drug-likeness (QED) is 0.529. The number of rotatable bonds is 2. The number of aliphatic hydroxyl groups excluding tert-OH is 1. The monoisotopic (exact) mass is 346 g/mol. The lowest BCUT2D eigenvalue weighted by molar-refractivity contribution is 0.282. The van der Waals surface area contributed by atoms with Gasteiger partial charge < -0.3 is 14.6 Å². The maximum Gasteiger partial charge on any atom is 0.182 e. The van der Waals surface area contributed by atoms with Crippen molar-refractivity contribution in [3.63, 3.8) is 0 Å². The van der Waals surface area contributed by atoms with E-state index in [-0.39, 0.29) is 17.8 Å². The third-order valence-electron chi connectivity index (χ3n) is 4.84. The Kier molecular flexibility index (Phi) is 3.78. The molecule has 130 valence electrons. The van der Waals surface area contributed by atoms with E-state index in [1.54, 1.807) is 13.0 Å². The van der Waals surface area contributed by atoms with Gasteiger partial charge in [0.05, 0.1) is 6.61 Å². The molecule has 0 saturated carbocycles. The maximum atomic E-state index is 11.8. The molecular formula is C22H18O4. The summed E-state index contributed by atoms with van der Waals surface area (Å²) in [5.74, 6) is 0.638. The lowest BCUT2D eigenvalue weighted by atomic mass is 9.89. The summed E-state index contributed by atoms with van der Waals surface area (Å²) >= 11 is 0. The van der Waals surface area contributed by atoms with Crippen molar-refractivity contribution in [1.29, 1.82) is 0 Å². The van der Waals surface area contributed by atoms with Crippen LogP contribution in [-0.2, 0) is 6.61 Å². The van der Waals surface area contributed by atoms with Gasteiger partial charge in [-0.25, -0.2) is 0 Å². The molecule has 0 atom stereocenters. The van der Waals surface area contributed by atoms with E-state index in [1.165, 1.54) is 12.1 Å². The average Bonchev–Trinajstić information content (AvgIpc) is 2.65. The van der Waals surface area contributed by atoms with Gasteiger partial charge in [-0.15, -0.1) is 0 Å². The van der Waals surface area contributed by atoms with Crippen molar-refractivity contribution in [1.82, 2.24) is 0 Å². The van der Waals surface area contributed by atoms with Gasteiger partial charge in [-0.3, -0.25) is 4.79 Å². The molecule has 0 fully saturated rings. The van der Waals surface area contributed by atoms with Crippen molar-refractivity contribution in [3.8, 4) is 28.2 Å². The number of phenols is 1. The zero-order chi connectivity index (χ0) is 18.4. The summed E-state index contributed by atoms with van der Waals surface area (Å²) in [6.07, 6.45) is 0. The molecule has 0 radical (unpaired) electrons. The highest BCUT2D eigenvalue weighted by Crippen LogP contribution is 2.44. The van der Waals surface area contributed by atoms with E-state index < -0.39 is 0 Å². The van der Waals surface area contributed by atoms with Crippen LogP contribution in [0.5, 0.6) is 5.75 Å². The van der Waals surface area contributed by atoms with Crippen LogP contribution in [0.2, 0.25) is 0 Å². The largest absolute Gasteiger partial charge is 0.507 e. The van der Waals surface area contributed by atoms with Crippen LogP contribution < -0.4 is 5.43 Å². The summed E-state index contributed by atoms with van der Waals surface area (Å²) in [7, 11) is 0. The molecular weight excluding hydrogens is 328 g/mol. The molecule has 26 heavy (non-hydrogen) atoms. The van der Waals surface area contributed by atoms with Gasteiger partial charge in [-0.1, -0.05) is 24.3 Å². The van der Waals surface area contributed by atoms with Gasteiger partial charge in [-0.2, -0.15) is 0 Å². The second-order valence-corrected chi connectivity index (χ2v) is 6.49. The summed E-state index contributed by atoms with van der Waals surface area (Å²) in [6, 6.07) is 14.2. The van der Waals surface area contributed by atoms with E-state index >= 15 is 0 Å². The van der Waals surface area contributed by atoms with Crippen molar-refractivity contribution in [2.24, 2.45) is 0 Å². The molecule has 1 aliphatic carbocycles. The molecule has 0 unspecified atom stereocenters. The van der Waals surface area contributed by atoms with Crippen molar-refractivity contribution in [3.05, 3.63) is 75.4 Å². The highest BCUT2D eigenvalue weighted by molar-refractivity contribution is 6.04. The summed E-state index contributed by atoms with van der Waals surface area (Å²) in [6.45, 7) is 3.54. The van der Waals surface area contributed by atoms with Gasteiger partial charge in [0.25, 0.3) is 0 Å². The Morgan fingerprint density at radius 1 is 1.00 bits per heavy atom. The van der Waals surface area contributed by atoms with Crippen LogP contribution in [0.15, 0.2) is 57.7 Å². The lowest BCUT2D eigenvalue weighted by Gasteiger charge is -2.19. The van der Waals surface area contributed by atoms with Crippen LogP contribution in [0.4, 0.5) is 0 Å². The Bertz CT molecular complexity index is 1170. The minimum atomic E-state index is -0.143.